The molecule has 1 saturated heterocycles. The molecule has 4 rings (SSSR count). The van der Waals surface area contributed by atoms with Crippen LogP contribution < -0.4 is 4.90 Å². The summed E-state index contributed by atoms with van der Waals surface area (Å²) in [4.78, 5) is 11.0. The van der Waals surface area contributed by atoms with Crippen molar-refractivity contribution >= 4 is 5.82 Å². The number of piperidine rings is 1. The van der Waals surface area contributed by atoms with E-state index < -0.39 is 11.6 Å². The van der Waals surface area contributed by atoms with Crippen LogP contribution in [0, 0.1) is 11.6 Å². The van der Waals surface area contributed by atoms with Gasteiger partial charge < -0.3 is 9.42 Å². The highest BCUT2D eigenvalue weighted by Crippen LogP contribution is 2.25. The van der Waals surface area contributed by atoms with Gasteiger partial charge in [0.2, 0.25) is 5.82 Å². The van der Waals surface area contributed by atoms with E-state index >= 15 is 0 Å². The van der Waals surface area contributed by atoms with E-state index in [1.807, 2.05) is 12.1 Å². The Bertz CT molecular complexity index is 873. The average molecular weight is 342 g/mol. The summed E-state index contributed by atoms with van der Waals surface area (Å²) in [7, 11) is 0. The highest BCUT2D eigenvalue weighted by atomic mass is 19.2. The van der Waals surface area contributed by atoms with Gasteiger partial charge in [-0.1, -0.05) is 5.16 Å². The Morgan fingerprint density at radius 3 is 2.44 bits per heavy atom. The lowest BCUT2D eigenvalue weighted by Crippen LogP contribution is -2.29. The molecular weight excluding hydrogens is 326 g/mol. The van der Waals surface area contributed by atoms with Crippen molar-refractivity contribution in [2.24, 2.45) is 0 Å². The van der Waals surface area contributed by atoms with Crippen molar-refractivity contribution < 1.29 is 13.3 Å². The van der Waals surface area contributed by atoms with Crippen LogP contribution in [0.25, 0.3) is 22.8 Å². The molecule has 1 fully saturated rings. The quantitative estimate of drug-likeness (QED) is 0.718. The summed E-state index contributed by atoms with van der Waals surface area (Å²) in [5.74, 6) is -0.440. The minimum atomic E-state index is -0.954. The molecule has 0 N–H and O–H groups in total. The molecule has 0 spiro atoms. The lowest BCUT2D eigenvalue weighted by molar-refractivity contribution is 0.431. The minimum Gasteiger partial charge on any atom is -0.357 e. The zero-order chi connectivity index (χ0) is 17.2. The van der Waals surface area contributed by atoms with Gasteiger partial charge in [-0.05, 0) is 49.6 Å². The van der Waals surface area contributed by atoms with Crippen molar-refractivity contribution in [1.82, 2.24) is 15.1 Å². The predicted molar refractivity (Wildman–Crippen MR) is 88.9 cm³/mol. The Balaban J connectivity index is 1.56. The molecule has 0 radical (unpaired) electrons. The number of nitrogens with zero attached hydrogens (tertiary/aromatic N) is 4. The molecule has 0 amide bonds. The standard InChI is InChI=1S/C18H16F2N4O/c19-14-6-4-12(10-15(14)20)18-22-17(23-25-18)13-5-7-16(21-11-13)24-8-2-1-3-9-24/h4-7,10-11H,1-3,8-9H2. The fourth-order valence-electron chi connectivity index (χ4n) is 2.92. The van der Waals surface area contributed by atoms with Gasteiger partial charge in [-0.15, -0.1) is 0 Å². The first-order valence-corrected chi connectivity index (χ1v) is 8.21. The third-order valence-electron chi connectivity index (χ3n) is 4.28. The average Bonchev–Trinajstić information content (AvgIpc) is 3.15. The van der Waals surface area contributed by atoms with Crippen molar-refractivity contribution in [2.45, 2.75) is 19.3 Å². The molecule has 1 aliphatic heterocycles. The van der Waals surface area contributed by atoms with Gasteiger partial charge in [0, 0.05) is 30.4 Å². The number of benzene rings is 1. The van der Waals surface area contributed by atoms with Crippen LogP contribution in [0.5, 0.6) is 0 Å². The second-order valence-electron chi connectivity index (χ2n) is 6.00. The molecule has 1 aromatic carbocycles. The Kier molecular flexibility index (Phi) is 4.13. The summed E-state index contributed by atoms with van der Waals surface area (Å²) in [6.45, 7) is 2.05. The first-order valence-electron chi connectivity index (χ1n) is 8.21. The molecule has 2 aromatic heterocycles. The van der Waals surface area contributed by atoms with Crippen LogP contribution in [0.15, 0.2) is 41.1 Å². The maximum Gasteiger partial charge on any atom is 0.258 e. The van der Waals surface area contributed by atoms with Crippen LogP contribution >= 0.6 is 0 Å². The molecule has 0 saturated carbocycles. The molecule has 3 heterocycles. The first-order chi connectivity index (χ1) is 12.2. The van der Waals surface area contributed by atoms with E-state index in [0.29, 0.717) is 17.0 Å². The molecule has 0 aliphatic carbocycles. The normalized spacial score (nSPS) is 14.7. The van der Waals surface area contributed by atoms with E-state index in [1.54, 1.807) is 6.20 Å². The van der Waals surface area contributed by atoms with Gasteiger partial charge in [-0.25, -0.2) is 13.8 Å². The van der Waals surface area contributed by atoms with E-state index in [0.717, 1.165) is 31.0 Å². The molecule has 1 aliphatic rings. The van der Waals surface area contributed by atoms with Crippen LogP contribution in [0.3, 0.4) is 0 Å². The number of pyridine rings is 1. The molecule has 0 atom stereocenters. The second-order valence-corrected chi connectivity index (χ2v) is 6.00. The number of rotatable bonds is 3. The summed E-state index contributed by atoms with van der Waals surface area (Å²) < 4.78 is 31.5. The maximum atomic E-state index is 13.3. The molecular formula is C18H16F2N4O. The van der Waals surface area contributed by atoms with Gasteiger partial charge in [-0.3, -0.25) is 0 Å². The Labute approximate surface area is 143 Å². The van der Waals surface area contributed by atoms with Gasteiger partial charge in [-0.2, -0.15) is 4.98 Å². The molecule has 0 bridgehead atoms. The Morgan fingerprint density at radius 2 is 1.72 bits per heavy atom. The third-order valence-corrected chi connectivity index (χ3v) is 4.28. The topological polar surface area (TPSA) is 55.1 Å². The number of hydrogen-bond donors (Lipinski definition) is 0. The number of hydrogen-bond acceptors (Lipinski definition) is 5. The van der Waals surface area contributed by atoms with Gasteiger partial charge in [0.05, 0.1) is 0 Å². The van der Waals surface area contributed by atoms with Gasteiger partial charge in [0.15, 0.2) is 11.6 Å². The van der Waals surface area contributed by atoms with E-state index in [9.17, 15) is 8.78 Å². The van der Waals surface area contributed by atoms with E-state index in [-0.39, 0.29) is 5.89 Å². The number of anilines is 1. The molecule has 7 heteroatoms. The van der Waals surface area contributed by atoms with Crippen molar-refractivity contribution in [3.05, 3.63) is 48.2 Å². The summed E-state index contributed by atoms with van der Waals surface area (Å²) in [6, 6.07) is 7.28. The summed E-state index contributed by atoms with van der Waals surface area (Å²) in [5.41, 5.74) is 1.04. The fraction of sp³-hybridized carbons (Fsp3) is 0.278. The van der Waals surface area contributed by atoms with E-state index in [2.05, 4.69) is 20.0 Å². The lowest BCUT2D eigenvalue weighted by atomic mass is 10.1. The molecule has 3 aromatic rings. The van der Waals surface area contributed by atoms with Crippen molar-refractivity contribution in [2.75, 3.05) is 18.0 Å². The summed E-state index contributed by atoms with van der Waals surface area (Å²) >= 11 is 0. The highest BCUT2D eigenvalue weighted by Gasteiger charge is 2.15. The second kappa shape index (κ2) is 6.58. The SMILES string of the molecule is Fc1ccc(-c2nc(-c3ccc(N4CCCCC4)nc3)no2)cc1F. The van der Waals surface area contributed by atoms with Crippen LogP contribution in [-0.4, -0.2) is 28.2 Å². The minimum absolute atomic E-state index is 0.133. The summed E-state index contributed by atoms with van der Waals surface area (Å²) in [6.07, 6.45) is 5.34. The fourth-order valence-corrected chi connectivity index (χ4v) is 2.92. The first kappa shape index (κ1) is 15.7. The molecule has 128 valence electrons. The van der Waals surface area contributed by atoms with Crippen LogP contribution in [0.2, 0.25) is 0 Å². The van der Waals surface area contributed by atoms with Gasteiger partial charge >= 0.3 is 0 Å². The van der Waals surface area contributed by atoms with Crippen molar-refractivity contribution in [3.63, 3.8) is 0 Å². The smallest absolute Gasteiger partial charge is 0.258 e. The number of halogens is 2. The Hall–Kier alpha value is -2.83. The molecule has 25 heavy (non-hydrogen) atoms. The highest BCUT2D eigenvalue weighted by molar-refractivity contribution is 5.60. The van der Waals surface area contributed by atoms with Gasteiger partial charge in [0.1, 0.15) is 5.82 Å². The predicted octanol–water partition coefficient (Wildman–Crippen LogP) is 4.07. The van der Waals surface area contributed by atoms with Crippen molar-refractivity contribution in [1.29, 1.82) is 0 Å². The van der Waals surface area contributed by atoms with Crippen LogP contribution in [0.4, 0.5) is 14.6 Å². The van der Waals surface area contributed by atoms with Crippen LogP contribution in [-0.2, 0) is 0 Å². The van der Waals surface area contributed by atoms with Crippen LogP contribution in [0.1, 0.15) is 19.3 Å². The zero-order valence-corrected chi connectivity index (χ0v) is 13.5. The largest absolute Gasteiger partial charge is 0.357 e. The van der Waals surface area contributed by atoms with Crippen molar-refractivity contribution in [3.8, 4) is 22.8 Å². The monoisotopic (exact) mass is 342 g/mol. The summed E-state index contributed by atoms with van der Waals surface area (Å²) in [5, 5.41) is 3.90. The lowest BCUT2D eigenvalue weighted by Gasteiger charge is -2.27. The third kappa shape index (κ3) is 3.22. The number of aromatic nitrogens is 3. The van der Waals surface area contributed by atoms with E-state index in [4.69, 9.17) is 4.52 Å². The van der Waals surface area contributed by atoms with E-state index in [1.165, 1.54) is 25.3 Å². The Morgan fingerprint density at radius 1 is 0.920 bits per heavy atom. The zero-order valence-electron chi connectivity index (χ0n) is 13.5. The van der Waals surface area contributed by atoms with Gasteiger partial charge in [0.25, 0.3) is 5.89 Å². The maximum absolute atomic E-state index is 13.3. The molecule has 5 nitrogen and oxygen atoms in total. The molecule has 0 unspecified atom stereocenters.